The molecular weight excluding hydrogens is 210 g/mol. The molecule has 3 nitrogen and oxygen atoms in total. The highest BCUT2D eigenvalue weighted by Gasteiger charge is 2.40. The monoisotopic (exact) mass is 231 g/mol. The Bertz CT molecular complexity index is 404. The lowest BCUT2D eigenvalue weighted by molar-refractivity contribution is 0.293. The highest BCUT2D eigenvalue weighted by Crippen LogP contribution is 2.41. The molecule has 2 heterocycles. The van der Waals surface area contributed by atoms with Crippen molar-refractivity contribution >= 4 is 5.82 Å². The molecule has 3 unspecified atom stereocenters. The van der Waals surface area contributed by atoms with E-state index >= 15 is 0 Å². The lowest BCUT2D eigenvalue weighted by Gasteiger charge is -2.32. The van der Waals surface area contributed by atoms with Crippen LogP contribution in [0.5, 0.6) is 0 Å². The first kappa shape index (κ1) is 11.0. The van der Waals surface area contributed by atoms with Crippen LogP contribution in [0.2, 0.25) is 0 Å². The van der Waals surface area contributed by atoms with Crippen molar-refractivity contribution in [1.29, 1.82) is 0 Å². The van der Waals surface area contributed by atoms with Crippen molar-refractivity contribution in [2.24, 2.45) is 11.8 Å². The summed E-state index contributed by atoms with van der Waals surface area (Å²) in [5.74, 6) is 2.84. The van der Waals surface area contributed by atoms with Crippen LogP contribution in [0.25, 0.3) is 0 Å². The van der Waals surface area contributed by atoms with Gasteiger partial charge >= 0.3 is 0 Å². The topological polar surface area (TPSA) is 29.0 Å². The average molecular weight is 231 g/mol. The lowest BCUT2D eigenvalue weighted by Crippen LogP contribution is -2.35. The number of hydrogen-bond donors (Lipinski definition) is 0. The third-order valence-corrected chi connectivity index (χ3v) is 4.48. The molecule has 3 rings (SSSR count). The molecule has 1 aliphatic heterocycles. The number of anilines is 1. The van der Waals surface area contributed by atoms with Gasteiger partial charge in [-0.3, -0.25) is 0 Å². The van der Waals surface area contributed by atoms with Gasteiger partial charge in [-0.1, -0.05) is 19.8 Å². The van der Waals surface area contributed by atoms with Gasteiger partial charge in [-0.25, -0.2) is 9.97 Å². The summed E-state index contributed by atoms with van der Waals surface area (Å²) in [6.07, 6.45) is 7.26. The Labute approximate surface area is 103 Å². The summed E-state index contributed by atoms with van der Waals surface area (Å²) in [6.45, 7) is 5.62. The molecule has 92 valence electrons. The minimum atomic E-state index is 0.730. The molecular formula is C14H21N3. The van der Waals surface area contributed by atoms with Gasteiger partial charge in [0.15, 0.2) is 0 Å². The van der Waals surface area contributed by atoms with Gasteiger partial charge < -0.3 is 4.90 Å². The molecule has 0 amide bonds. The van der Waals surface area contributed by atoms with E-state index in [0.717, 1.165) is 29.4 Å². The summed E-state index contributed by atoms with van der Waals surface area (Å²) >= 11 is 0. The molecule has 0 bridgehead atoms. The van der Waals surface area contributed by atoms with Crippen LogP contribution in [-0.4, -0.2) is 22.6 Å². The number of fused-ring (bicyclic) bond motifs is 1. The molecule has 0 aromatic carbocycles. The van der Waals surface area contributed by atoms with Crippen LogP contribution >= 0.6 is 0 Å². The van der Waals surface area contributed by atoms with Crippen molar-refractivity contribution in [2.45, 2.75) is 45.6 Å². The molecule has 17 heavy (non-hydrogen) atoms. The first-order chi connectivity index (χ1) is 8.25. The quantitative estimate of drug-likeness (QED) is 0.744. The zero-order valence-electron chi connectivity index (χ0n) is 10.8. The van der Waals surface area contributed by atoms with Crippen LogP contribution in [0.15, 0.2) is 12.4 Å². The number of hydrogen-bond acceptors (Lipinski definition) is 3. The maximum atomic E-state index is 4.46. The van der Waals surface area contributed by atoms with Crippen molar-refractivity contribution < 1.29 is 0 Å². The molecule has 1 saturated carbocycles. The molecule has 2 fully saturated rings. The number of aryl methyl sites for hydroxylation is 1. The summed E-state index contributed by atoms with van der Waals surface area (Å²) in [6, 6.07) is 2.86. The molecule has 3 atom stereocenters. The molecule has 0 radical (unpaired) electrons. The van der Waals surface area contributed by atoms with Gasteiger partial charge in [0.05, 0.1) is 0 Å². The summed E-state index contributed by atoms with van der Waals surface area (Å²) in [7, 11) is 0. The third-order valence-electron chi connectivity index (χ3n) is 4.48. The fourth-order valence-corrected chi connectivity index (χ4v) is 3.63. The SMILES string of the molecule is Cc1cc(N2CC(C)C3CCCCC32)ncn1. The van der Waals surface area contributed by atoms with Crippen LogP contribution < -0.4 is 4.90 Å². The van der Waals surface area contributed by atoms with Crippen LogP contribution in [0.3, 0.4) is 0 Å². The van der Waals surface area contributed by atoms with Crippen molar-refractivity contribution in [2.75, 3.05) is 11.4 Å². The van der Waals surface area contributed by atoms with Gasteiger partial charge in [0.1, 0.15) is 12.1 Å². The molecule has 1 aromatic heterocycles. The van der Waals surface area contributed by atoms with Gasteiger partial charge in [0, 0.05) is 24.3 Å². The first-order valence-corrected chi connectivity index (χ1v) is 6.81. The van der Waals surface area contributed by atoms with Crippen LogP contribution in [0.4, 0.5) is 5.82 Å². The Kier molecular flexibility index (Phi) is 2.77. The normalized spacial score (nSPS) is 32.6. The summed E-state index contributed by atoms with van der Waals surface area (Å²) in [4.78, 5) is 11.2. The fraction of sp³-hybridized carbons (Fsp3) is 0.714. The molecule has 1 saturated heterocycles. The molecule has 0 spiro atoms. The van der Waals surface area contributed by atoms with Crippen molar-refractivity contribution in [3.63, 3.8) is 0 Å². The standard InChI is InChI=1S/C14H21N3/c1-10-8-17(13-6-4-3-5-12(10)13)14-7-11(2)15-9-16-14/h7,9-10,12-13H,3-6,8H2,1-2H3. The zero-order chi connectivity index (χ0) is 11.8. The molecule has 3 heteroatoms. The Morgan fingerprint density at radius 2 is 2.06 bits per heavy atom. The maximum absolute atomic E-state index is 4.46. The van der Waals surface area contributed by atoms with Gasteiger partial charge in [0.2, 0.25) is 0 Å². The summed E-state index contributed by atoms with van der Waals surface area (Å²) in [5.41, 5.74) is 1.07. The van der Waals surface area contributed by atoms with Crippen LogP contribution in [0, 0.1) is 18.8 Å². The molecule has 0 N–H and O–H groups in total. The van der Waals surface area contributed by atoms with E-state index in [9.17, 15) is 0 Å². The smallest absolute Gasteiger partial charge is 0.132 e. The largest absolute Gasteiger partial charge is 0.353 e. The average Bonchev–Trinajstić information content (AvgIpc) is 2.68. The second-order valence-electron chi connectivity index (χ2n) is 5.66. The van der Waals surface area contributed by atoms with E-state index in [4.69, 9.17) is 0 Å². The molecule has 1 aliphatic carbocycles. The van der Waals surface area contributed by atoms with E-state index < -0.39 is 0 Å². The highest BCUT2D eigenvalue weighted by molar-refractivity contribution is 5.42. The van der Waals surface area contributed by atoms with Gasteiger partial charge in [-0.05, 0) is 31.6 Å². The van der Waals surface area contributed by atoms with E-state index in [1.54, 1.807) is 6.33 Å². The third kappa shape index (κ3) is 1.92. The minimum Gasteiger partial charge on any atom is -0.353 e. The van der Waals surface area contributed by atoms with E-state index in [2.05, 4.69) is 27.9 Å². The van der Waals surface area contributed by atoms with Crippen molar-refractivity contribution in [3.8, 4) is 0 Å². The Morgan fingerprint density at radius 1 is 1.24 bits per heavy atom. The minimum absolute atomic E-state index is 0.730. The second-order valence-corrected chi connectivity index (χ2v) is 5.66. The highest BCUT2D eigenvalue weighted by atomic mass is 15.2. The molecule has 1 aromatic rings. The lowest BCUT2D eigenvalue weighted by atomic mass is 9.80. The summed E-state index contributed by atoms with van der Waals surface area (Å²) < 4.78 is 0. The van der Waals surface area contributed by atoms with E-state index in [-0.39, 0.29) is 0 Å². The Morgan fingerprint density at radius 3 is 2.88 bits per heavy atom. The van der Waals surface area contributed by atoms with Crippen LogP contribution in [-0.2, 0) is 0 Å². The second kappa shape index (κ2) is 4.28. The Balaban J connectivity index is 1.88. The predicted molar refractivity (Wildman–Crippen MR) is 69.0 cm³/mol. The van der Waals surface area contributed by atoms with Gasteiger partial charge in [-0.2, -0.15) is 0 Å². The van der Waals surface area contributed by atoms with Gasteiger partial charge in [0.25, 0.3) is 0 Å². The number of nitrogens with zero attached hydrogens (tertiary/aromatic N) is 3. The van der Waals surface area contributed by atoms with Gasteiger partial charge in [-0.15, -0.1) is 0 Å². The Hall–Kier alpha value is -1.12. The van der Waals surface area contributed by atoms with Crippen molar-refractivity contribution in [1.82, 2.24) is 9.97 Å². The number of aromatic nitrogens is 2. The molecule has 2 aliphatic rings. The number of rotatable bonds is 1. The van der Waals surface area contributed by atoms with E-state index in [0.29, 0.717) is 0 Å². The van der Waals surface area contributed by atoms with E-state index in [1.165, 1.54) is 32.2 Å². The van der Waals surface area contributed by atoms with Crippen LogP contribution in [0.1, 0.15) is 38.3 Å². The predicted octanol–water partition coefficient (Wildman–Crippen LogP) is 2.80. The van der Waals surface area contributed by atoms with E-state index in [1.807, 2.05) is 6.92 Å². The first-order valence-electron chi connectivity index (χ1n) is 6.81. The maximum Gasteiger partial charge on any atom is 0.132 e. The van der Waals surface area contributed by atoms with Crippen molar-refractivity contribution in [3.05, 3.63) is 18.1 Å². The summed E-state index contributed by atoms with van der Waals surface area (Å²) in [5, 5.41) is 0. The zero-order valence-corrected chi connectivity index (χ0v) is 10.8. The fourth-order valence-electron chi connectivity index (χ4n) is 3.63.